The molecule has 1 heterocycles. The van der Waals surface area contributed by atoms with Crippen LogP contribution in [0.2, 0.25) is 0 Å². The van der Waals surface area contributed by atoms with Crippen LogP contribution >= 0.6 is 15.9 Å². The predicted octanol–water partition coefficient (Wildman–Crippen LogP) is 3.18. The first-order valence-corrected chi connectivity index (χ1v) is 7.23. The second-order valence-electron chi connectivity index (χ2n) is 4.86. The fraction of sp³-hybridized carbons (Fsp3) is 0.571. The zero-order valence-corrected chi connectivity index (χ0v) is 12.0. The smallest absolute Gasteiger partial charge is 0.0346 e. The Morgan fingerprint density at radius 1 is 1.53 bits per heavy atom. The lowest BCUT2D eigenvalue weighted by Crippen LogP contribution is -2.27. The van der Waals surface area contributed by atoms with Crippen LogP contribution in [0.15, 0.2) is 28.7 Å². The standard InChI is InChI=1S/C14H21BrN2/c1-2-14(12-4-3-5-13(15)8-12)17-7-6-11(9-16)10-17/h3-5,8,11,14H,2,6-7,9-10,16H2,1H3. The van der Waals surface area contributed by atoms with Crippen LogP contribution in [0, 0.1) is 5.92 Å². The molecule has 0 aliphatic carbocycles. The number of likely N-dealkylation sites (tertiary alicyclic amines) is 1. The van der Waals surface area contributed by atoms with Crippen molar-refractivity contribution in [3.8, 4) is 0 Å². The molecule has 0 saturated carbocycles. The highest BCUT2D eigenvalue weighted by molar-refractivity contribution is 9.10. The predicted molar refractivity (Wildman–Crippen MR) is 75.9 cm³/mol. The summed E-state index contributed by atoms with van der Waals surface area (Å²) in [5, 5.41) is 0. The molecular formula is C14H21BrN2. The number of nitrogens with zero attached hydrogens (tertiary/aromatic N) is 1. The SMILES string of the molecule is CCC(c1cccc(Br)c1)N1CCC(CN)C1. The van der Waals surface area contributed by atoms with Crippen molar-refractivity contribution in [2.75, 3.05) is 19.6 Å². The molecule has 1 fully saturated rings. The maximum Gasteiger partial charge on any atom is 0.0346 e. The molecular weight excluding hydrogens is 276 g/mol. The number of halogens is 1. The molecule has 94 valence electrons. The molecule has 0 spiro atoms. The maximum absolute atomic E-state index is 5.77. The molecule has 2 rings (SSSR count). The first-order chi connectivity index (χ1) is 8.24. The molecule has 0 amide bonds. The van der Waals surface area contributed by atoms with E-state index in [2.05, 4.69) is 52.0 Å². The summed E-state index contributed by atoms with van der Waals surface area (Å²) in [6.45, 7) is 5.43. The molecule has 1 aliphatic heterocycles. The van der Waals surface area contributed by atoms with E-state index in [1.54, 1.807) is 0 Å². The van der Waals surface area contributed by atoms with Gasteiger partial charge in [-0.15, -0.1) is 0 Å². The zero-order chi connectivity index (χ0) is 12.3. The average molecular weight is 297 g/mol. The molecule has 1 aromatic rings. The minimum atomic E-state index is 0.545. The highest BCUT2D eigenvalue weighted by Gasteiger charge is 2.27. The number of benzene rings is 1. The Morgan fingerprint density at radius 2 is 2.35 bits per heavy atom. The van der Waals surface area contributed by atoms with E-state index in [4.69, 9.17) is 5.73 Å². The van der Waals surface area contributed by atoms with Gasteiger partial charge in [0.15, 0.2) is 0 Å². The monoisotopic (exact) mass is 296 g/mol. The lowest BCUT2D eigenvalue weighted by Gasteiger charge is -2.27. The van der Waals surface area contributed by atoms with E-state index in [9.17, 15) is 0 Å². The first kappa shape index (κ1) is 13.1. The summed E-state index contributed by atoms with van der Waals surface area (Å²) < 4.78 is 1.17. The van der Waals surface area contributed by atoms with Gasteiger partial charge in [0.25, 0.3) is 0 Å². The van der Waals surface area contributed by atoms with Crippen LogP contribution in [0.25, 0.3) is 0 Å². The minimum Gasteiger partial charge on any atom is -0.330 e. The molecule has 2 nitrogen and oxygen atoms in total. The fourth-order valence-electron chi connectivity index (χ4n) is 2.76. The van der Waals surface area contributed by atoms with Gasteiger partial charge in [-0.25, -0.2) is 0 Å². The average Bonchev–Trinajstić information content (AvgIpc) is 2.79. The van der Waals surface area contributed by atoms with Crippen molar-refractivity contribution in [2.24, 2.45) is 11.7 Å². The van der Waals surface area contributed by atoms with Crippen molar-refractivity contribution in [3.05, 3.63) is 34.3 Å². The van der Waals surface area contributed by atoms with Crippen molar-refractivity contribution < 1.29 is 0 Å². The molecule has 2 unspecified atom stereocenters. The Morgan fingerprint density at radius 3 is 2.94 bits per heavy atom. The van der Waals surface area contributed by atoms with Crippen LogP contribution in [0.5, 0.6) is 0 Å². The van der Waals surface area contributed by atoms with Crippen molar-refractivity contribution in [3.63, 3.8) is 0 Å². The maximum atomic E-state index is 5.77. The number of rotatable bonds is 4. The van der Waals surface area contributed by atoms with Crippen LogP contribution in [-0.2, 0) is 0 Å². The summed E-state index contributed by atoms with van der Waals surface area (Å²) >= 11 is 3.56. The van der Waals surface area contributed by atoms with E-state index >= 15 is 0 Å². The summed E-state index contributed by atoms with van der Waals surface area (Å²) in [6, 6.07) is 9.23. The van der Waals surface area contributed by atoms with Gasteiger partial charge in [-0.3, -0.25) is 4.90 Å². The van der Waals surface area contributed by atoms with Gasteiger partial charge in [0.05, 0.1) is 0 Å². The van der Waals surface area contributed by atoms with Crippen molar-refractivity contribution >= 4 is 15.9 Å². The minimum absolute atomic E-state index is 0.545. The molecule has 0 bridgehead atoms. The largest absolute Gasteiger partial charge is 0.330 e. The summed E-state index contributed by atoms with van der Waals surface area (Å²) in [5.74, 6) is 0.691. The quantitative estimate of drug-likeness (QED) is 0.925. The van der Waals surface area contributed by atoms with E-state index in [-0.39, 0.29) is 0 Å². The Bertz CT molecular complexity index is 367. The van der Waals surface area contributed by atoms with E-state index in [0.29, 0.717) is 12.0 Å². The third kappa shape index (κ3) is 3.09. The summed E-state index contributed by atoms with van der Waals surface area (Å²) in [5.41, 5.74) is 7.18. The molecule has 3 heteroatoms. The first-order valence-electron chi connectivity index (χ1n) is 6.44. The highest BCUT2D eigenvalue weighted by atomic mass is 79.9. The molecule has 0 aromatic heterocycles. The third-order valence-electron chi connectivity index (χ3n) is 3.71. The van der Waals surface area contributed by atoms with Crippen LogP contribution in [0.4, 0.5) is 0 Å². The molecule has 1 aromatic carbocycles. The normalized spacial score (nSPS) is 22.9. The van der Waals surface area contributed by atoms with Gasteiger partial charge in [-0.1, -0.05) is 35.0 Å². The number of nitrogens with two attached hydrogens (primary N) is 1. The third-order valence-corrected chi connectivity index (χ3v) is 4.20. The van der Waals surface area contributed by atoms with Crippen LogP contribution in [-0.4, -0.2) is 24.5 Å². The van der Waals surface area contributed by atoms with E-state index in [1.165, 1.54) is 23.0 Å². The van der Waals surface area contributed by atoms with Crippen LogP contribution in [0.3, 0.4) is 0 Å². The Kier molecular flexibility index (Phi) is 4.60. The van der Waals surface area contributed by atoms with Gasteiger partial charge in [-0.2, -0.15) is 0 Å². The van der Waals surface area contributed by atoms with Gasteiger partial charge in [0.2, 0.25) is 0 Å². The van der Waals surface area contributed by atoms with Gasteiger partial charge in [0, 0.05) is 17.1 Å². The summed E-state index contributed by atoms with van der Waals surface area (Å²) in [7, 11) is 0. The second kappa shape index (κ2) is 5.98. The van der Waals surface area contributed by atoms with Crippen molar-refractivity contribution in [1.29, 1.82) is 0 Å². The van der Waals surface area contributed by atoms with Crippen molar-refractivity contribution in [1.82, 2.24) is 4.90 Å². The van der Waals surface area contributed by atoms with Crippen LogP contribution < -0.4 is 5.73 Å². The molecule has 1 saturated heterocycles. The lowest BCUT2D eigenvalue weighted by atomic mass is 10.0. The zero-order valence-electron chi connectivity index (χ0n) is 10.4. The molecule has 0 radical (unpaired) electrons. The lowest BCUT2D eigenvalue weighted by molar-refractivity contribution is 0.231. The Hall–Kier alpha value is -0.380. The second-order valence-corrected chi connectivity index (χ2v) is 5.78. The topological polar surface area (TPSA) is 29.3 Å². The molecule has 1 aliphatic rings. The summed E-state index contributed by atoms with van der Waals surface area (Å²) in [4.78, 5) is 2.58. The van der Waals surface area contributed by atoms with Gasteiger partial charge >= 0.3 is 0 Å². The van der Waals surface area contributed by atoms with Crippen LogP contribution in [0.1, 0.15) is 31.4 Å². The fourth-order valence-corrected chi connectivity index (χ4v) is 3.17. The van der Waals surface area contributed by atoms with E-state index in [1.807, 2.05) is 0 Å². The molecule has 2 N–H and O–H groups in total. The highest BCUT2D eigenvalue weighted by Crippen LogP contribution is 2.30. The number of hydrogen-bond donors (Lipinski definition) is 1. The van der Waals surface area contributed by atoms with E-state index < -0.39 is 0 Å². The van der Waals surface area contributed by atoms with E-state index in [0.717, 1.165) is 19.5 Å². The van der Waals surface area contributed by atoms with Crippen molar-refractivity contribution in [2.45, 2.75) is 25.8 Å². The molecule has 17 heavy (non-hydrogen) atoms. The molecule has 2 atom stereocenters. The Labute approximate surface area is 112 Å². The van der Waals surface area contributed by atoms with Gasteiger partial charge in [-0.05, 0) is 49.5 Å². The van der Waals surface area contributed by atoms with Gasteiger partial charge < -0.3 is 5.73 Å². The van der Waals surface area contributed by atoms with Gasteiger partial charge in [0.1, 0.15) is 0 Å². The summed E-state index contributed by atoms with van der Waals surface area (Å²) in [6.07, 6.45) is 2.41. The number of hydrogen-bond acceptors (Lipinski definition) is 2. The Balaban J connectivity index is 2.11.